The van der Waals surface area contributed by atoms with E-state index in [1.165, 1.54) is 0 Å². The molecular formula is C20H22N2O4. The number of rotatable bonds is 7. The Bertz CT molecular complexity index is 914. The van der Waals surface area contributed by atoms with Crippen molar-refractivity contribution in [2.75, 3.05) is 20.3 Å². The van der Waals surface area contributed by atoms with Gasteiger partial charge in [-0.25, -0.2) is 0 Å². The SMILES string of the molecule is COCC(CCO)NC(=O)Cn1c2ccccc2c(=O)c2ccccc21. The Labute approximate surface area is 151 Å². The molecule has 26 heavy (non-hydrogen) atoms. The second-order valence-corrected chi connectivity index (χ2v) is 6.18. The second kappa shape index (κ2) is 8.12. The Morgan fingerprint density at radius 1 is 1.12 bits per heavy atom. The summed E-state index contributed by atoms with van der Waals surface area (Å²) in [6.45, 7) is 0.378. The molecule has 0 aliphatic carbocycles. The highest BCUT2D eigenvalue weighted by Crippen LogP contribution is 2.19. The Kier molecular flexibility index (Phi) is 5.65. The van der Waals surface area contributed by atoms with E-state index in [0.717, 1.165) is 11.0 Å². The summed E-state index contributed by atoms with van der Waals surface area (Å²) in [6, 6.07) is 14.3. The number of aliphatic hydroxyl groups is 1. The third kappa shape index (κ3) is 3.61. The van der Waals surface area contributed by atoms with Crippen LogP contribution in [0.3, 0.4) is 0 Å². The van der Waals surface area contributed by atoms with Crippen molar-refractivity contribution in [3.63, 3.8) is 0 Å². The highest BCUT2D eigenvalue weighted by molar-refractivity contribution is 5.94. The number of methoxy groups -OCH3 is 1. The molecule has 2 aromatic carbocycles. The first-order valence-electron chi connectivity index (χ1n) is 8.55. The normalized spacial score (nSPS) is 12.4. The van der Waals surface area contributed by atoms with Gasteiger partial charge < -0.3 is 19.7 Å². The molecule has 1 atom stereocenters. The molecule has 0 saturated heterocycles. The van der Waals surface area contributed by atoms with Crippen LogP contribution in [0.5, 0.6) is 0 Å². The average Bonchev–Trinajstić information content (AvgIpc) is 2.65. The number of pyridine rings is 1. The molecule has 0 spiro atoms. The molecular weight excluding hydrogens is 332 g/mol. The van der Waals surface area contributed by atoms with E-state index < -0.39 is 0 Å². The third-order valence-corrected chi connectivity index (χ3v) is 4.39. The number of amides is 1. The lowest BCUT2D eigenvalue weighted by molar-refractivity contribution is -0.122. The van der Waals surface area contributed by atoms with Crippen molar-refractivity contribution in [1.82, 2.24) is 9.88 Å². The summed E-state index contributed by atoms with van der Waals surface area (Å²) in [6.07, 6.45) is 0.422. The number of ether oxygens (including phenoxy) is 1. The van der Waals surface area contributed by atoms with Crippen molar-refractivity contribution >= 4 is 27.7 Å². The number of benzene rings is 2. The van der Waals surface area contributed by atoms with E-state index in [1.54, 1.807) is 19.2 Å². The van der Waals surface area contributed by atoms with Crippen molar-refractivity contribution in [1.29, 1.82) is 0 Å². The molecule has 1 aromatic heterocycles. The third-order valence-electron chi connectivity index (χ3n) is 4.39. The van der Waals surface area contributed by atoms with E-state index in [1.807, 2.05) is 41.0 Å². The first-order chi connectivity index (χ1) is 12.7. The summed E-state index contributed by atoms with van der Waals surface area (Å²) in [4.78, 5) is 25.3. The minimum absolute atomic E-state index is 0.0296. The Balaban J connectivity index is 2.02. The number of fused-ring (bicyclic) bond motifs is 2. The van der Waals surface area contributed by atoms with Gasteiger partial charge in [0.05, 0.1) is 23.7 Å². The lowest BCUT2D eigenvalue weighted by Crippen LogP contribution is -2.40. The Morgan fingerprint density at radius 3 is 2.23 bits per heavy atom. The standard InChI is InChI=1S/C20H22N2O4/c1-26-13-14(10-11-23)21-19(24)12-22-17-8-4-2-6-15(17)20(25)16-7-3-5-9-18(16)22/h2-9,14,23H,10-13H2,1H3,(H,21,24). The van der Waals surface area contributed by atoms with Crippen LogP contribution >= 0.6 is 0 Å². The zero-order chi connectivity index (χ0) is 18.5. The first kappa shape index (κ1) is 18.1. The zero-order valence-corrected chi connectivity index (χ0v) is 14.6. The molecule has 2 N–H and O–H groups in total. The van der Waals surface area contributed by atoms with Crippen LogP contribution in [0.2, 0.25) is 0 Å². The van der Waals surface area contributed by atoms with E-state index in [0.29, 0.717) is 23.8 Å². The molecule has 0 aliphatic rings. The number of nitrogens with one attached hydrogen (secondary N) is 1. The fourth-order valence-corrected chi connectivity index (χ4v) is 3.22. The van der Waals surface area contributed by atoms with Crippen LogP contribution in [-0.2, 0) is 16.1 Å². The van der Waals surface area contributed by atoms with Crippen molar-refractivity contribution in [3.8, 4) is 0 Å². The molecule has 6 nitrogen and oxygen atoms in total. The van der Waals surface area contributed by atoms with Gasteiger partial charge in [0.1, 0.15) is 6.54 Å². The molecule has 6 heteroatoms. The number of carbonyl (C=O) groups is 1. The van der Waals surface area contributed by atoms with Crippen molar-refractivity contribution in [2.45, 2.75) is 19.0 Å². The second-order valence-electron chi connectivity index (χ2n) is 6.18. The molecule has 1 unspecified atom stereocenters. The fourth-order valence-electron chi connectivity index (χ4n) is 3.22. The fraction of sp³-hybridized carbons (Fsp3) is 0.300. The number of aromatic nitrogens is 1. The molecule has 0 aliphatic heterocycles. The van der Waals surface area contributed by atoms with Crippen LogP contribution in [0.4, 0.5) is 0 Å². The molecule has 1 amide bonds. The number of hydrogen-bond donors (Lipinski definition) is 2. The molecule has 0 saturated carbocycles. The number of nitrogens with zero attached hydrogens (tertiary/aromatic N) is 1. The van der Waals surface area contributed by atoms with Gasteiger partial charge in [-0.2, -0.15) is 0 Å². The van der Waals surface area contributed by atoms with Crippen LogP contribution in [0, 0.1) is 0 Å². The quantitative estimate of drug-likeness (QED) is 0.633. The Morgan fingerprint density at radius 2 is 1.69 bits per heavy atom. The Hall–Kier alpha value is -2.70. The molecule has 0 radical (unpaired) electrons. The molecule has 1 heterocycles. The summed E-state index contributed by atoms with van der Waals surface area (Å²) < 4.78 is 6.94. The van der Waals surface area contributed by atoms with Crippen LogP contribution in [-0.4, -0.2) is 41.9 Å². The van der Waals surface area contributed by atoms with Gasteiger partial charge in [0.2, 0.25) is 5.91 Å². The summed E-state index contributed by atoms with van der Waals surface area (Å²) in [5.41, 5.74) is 1.40. The van der Waals surface area contributed by atoms with Gasteiger partial charge in [0.15, 0.2) is 5.43 Å². The number of carbonyl (C=O) groups excluding carboxylic acids is 1. The van der Waals surface area contributed by atoms with Crippen LogP contribution in [0.15, 0.2) is 53.3 Å². The van der Waals surface area contributed by atoms with Gasteiger partial charge in [-0.05, 0) is 30.7 Å². The van der Waals surface area contributed by atoms with Gasteiger partial charge >= 0.3 is 0 Å². The van der Waals surface area contributed by atoms with Crippen LogP contribution in [0.1, 0.15) is 6.42 Å². The van der Waals surface area contributed by atoms with E-state index >= 15 is 0 Å². The minimum atomic E-state index is -0.255. The van der Waals surface area contributed by atoms with Gasteiger partial charge in [-0.1, -0.05) is 24.3 Å². The predicted octanol–water partition coefficient (Wildman–Crippen LogP) is 1.67. The lowest BCUT2D eigenvalue weighted by Gasteiger charge is -2.19. The number of aliphatic hydroxyl groups excluding tert-OH is 1. The smallest absolute Gasteiger partial charge is 0.240 e. The van der Waals surface area contributed by atoms with Gasteiger partial charge in [0, 0.05) is 24.5 Å². The monoisotopic (exact) mass is 354 g/mol. The topological polar surface area (TPSA) is 80.6 Å². The maximum absolute atomic E-state index is 12.7. The van der Waals surface area contributed by atoms with Crippen molar-refractivity contribution in [3.05, 3.63) is 58.8 Å². The number of para-hydroxylation sites is 2. The van der Waals surface area contributed by atoms with Crippen molar-refractivity contribution < 1.29 is 14.6 Å². The van der Waals surface area contributed by atoms with E-state index in [9.17, 15) is 9.59 Å². The largest absolute Gasteiger partial charge is 0.396 e. The summed E-state index contributed by atoms with van der Waals surface area (Å²) in [5.74, 6) is -0.195. The predicted molar refractivity (Wildman–Crippen MR) is 101 cm³/mol. The molecule has 3 aromatic rings. The maximum Gasteiger partial charge on any atom is 0.240 e. The number of hydrogen-bond acceptors (Lipinski definition) is 4. The highest BCUT2D eigenvalue weighted by atomic mass is 16.5. The van der Waals surface area contributed by atoms with Crippen molar-refractivity contribution in [2.24, 2.45) is 0 Å². The molecule has 0 fully saturated rings. The van der Waals surface area contributed by atoms with Crippen LogP contribution < -0.4 is 10.7 Å². The summed E-state index contributed by atoms with van der Waals surface area (Å²) in [7, 11) is 1.55. The average molecular weight is 354 g/mol. The molecule has 136 valence electrons. The molecule has 0 bridgehead atoms. The highest BCUT2D eigenvalue weighted by Gasteiger charge is 2.15. The minimum Gasteiger partial charge on any atom is -0.396 e. The van der Waals surface area contributed by atoms with E-state index in [-0.39, 0.29) is 30.5 Å². The van der Waals surface area contributed by atoms with Gasteiger partial charge in [0.25, 0.3) is 0 Å². The van der Waals surface area contributed by atoms with Crippen LogP contribution in [0.25, 0.3) is 21.8 Å². The van der Waals surface area contributed by atoms with Gasteiger partial charge in [-0.3, -0.25) is 9.59 Å². The summed E-state index contributed by atoms with van der Waals surface area (Å²) in [5, 5.41) is 13.2. The molecule has 3 rings (SSSR count). The first-order valence-corrected chi connectivity index (χ1v) is 8.55. The maximum atomic E-state index is 12.7. The zero-order valence-electron chi connectivity index (χ0n) is 14.6. The summed E-state index contributed by atoms with van der Waals surface area (Å²) >= 11 is 0. The van der Waals surface area contributed by atoms with E-state index in [4.69, 9.17) is 9.84 Å². The lowest BCUT2D eigenvalue weighted by atomic mass is 10.1. The van der Waals surface area contributed by atoms with Gasteiger partial charge in [-0.15, -0.1) is 0 Å². The van der Waals surface area contributed by atoms with E-state index in [2.05, 4.69) is 5.32 Å².